The van der Waals surface area contributed by atoms with E-state index in [4.69, 9.17) is 42.3 Å². The first kappa shape index (κ1) is 28.2. The van der Waals surface area contributed by atoms with Crippen molar-refractivity contribution in [3.05, 3.63) is 35.4 Å². The first-order valence-electron chi connectivity index (χ1n) is 11.2. The normalized spacial score (nSPS) is 11.7. The van der Waals surface area contributed by atoms with Gasteiger partial charge in [0.15, 0.2) is 11.5 Å². The van der Waals surface area contributed by atoms with Crippen LogP contribution in [-0.4, -0.2) is 44.2 Å². The standard InChI is InChI=1S/C24H29Cl2N3O6/c1-6-32-17-14-13-16(23(20(17)25)35-9-4)27-28-21(15(5)30)24(31)29(26)22-18(33-7-2)11-10-12-19(22)34-8-3/h10-14,21H,6-9H2,1-5H3. The van der Waals surface area contributed by atoms with Gasteiger partial charge in [-0.2, -0.15) is 10.2 Å². The van der Waals surface area contributed by atoms with Crippen LogP contribution < -0.4 is 23.4 Å². The highest BCUT2D eigenvalue weighted by Crippen LogP contribution is 2.42. The molecule has 0 spiro atoms. The lowest BCUT2D eigenvalue weighted by Gasteiger charge is -2.22. The zero-order chi connectivity index (χ0) is 26.0. The topological polar surface area (TPSA) is 99.0 Å². The predicted octanol–water partition coefficient (Wildman–Crippen LogP) is 6.16. The summed E-state index contributed by atoms with van der Waals surface area (Å²) in [6.07, 6.45) is 0. The van der Waals surface area contributed by atoms with E-state index in [1.54, 1.807) is 51.1 Å². The minimum atomic E-state index is -1.53. The molecule has 0 aliphatic rings. The number of azo groups is 1. The summed E-state index contributed by atoms with van der Waals surface area (Å²) >= 11 is 12.8. The van der Waals surface area contributed by atoms with E-state index >= 15 is 0 Å². The third-order valence-corrected chi connectivity index (χ3v) is 5.17. The number of Topliss-reactive ketones (excluding diaryl/α,β-unsaturated/α-hetero) is 1. The number of halogens is 2. The molecular formula is C24H29Cl2N3O6. The van der Waals surface area contributed by atoms with Crippen LogP contribution in [0.2, 0.25) is 5.02 Å². The summed E-state index contributed by atoms with van der Waals surface area (Å²) in [6, 6.07) is 6.64. The van der Waals surface area contributed by atoms with Gasteiger partial charge in [0, 0.05) is 11.8 Å². The molecular weight excluding hydrogens is 497 g/mol. The van der Waals surface area contributed by atoms with Crippen molar-refractivity contribution in [1.82, 2.24) is 0 Å². The second-order valence-electron chi connectivity index (χ2n) is 6.91. The molecule has 1 atom stereocenters. The Labute approximate surface area is 215 Å². The largest absolute Gasteiger partial charge is 0.492 e. The third kappa shape index (κ3) is 6.99. The molecule has 0 aliphatic heterocycles. The number of hydrogen-bond donors (Lipinski definition) is 0. The number of ether oxygens (including phenoxy) is 4. The van der Waals surface area contributed by atoms with Crippen molar-refractivity contribution in [2.45, 2.75) is 40.7 Å². The van der Waals surface area contributed by atoms with Crippen LogP contribution in [0, 0.1) is 0 Å². The summed E-state index contributed by atoms with van der Waals surface area (Å²) in [5, 5.41) is 8.29. The number of para-hydroxylation sites is 1. The lowest BCUT2D eigenvalue weighted by molar-refractivity contribution is -0.126. The highest BCUT2D eigenvalue weighted by atomic mass is 35.5. The summed E-state index contributed by atoms with van der Waals surface area (Å²) in [5.74, 6) is -0.117. The Morgan fingerprint density at radius 1 is 0.886 bits per heavy atom. The fraction of sp³-hybridized carbons (Fsp3) is 0.417. The second-order valence-corrected chi connectivity index (χ2v) is 7.62. The maximum absolute atomic E-state index is 13.3. The Morgan fingerprint density at radius 3 is 1.94 bits per heavy atom. The summed E-state index contributed by atoms with van der Waals surface area (Å²) in [7, 11) is 0. The molecule has 1 amide bonds. The van der Waals surface area contributed by atoms with Crippen LogP contribution in [0.3, 0.4) is 0 Å². The maximum Gasteiger partial charge on any atom is 0.276 e. The third-order valence-electron chi connectivity index (χ3n) is 4.48. The van der Waals surface area contributed by atoms with Gasteiger partial charge in [0.25, 0.3) is 5.91 Å². The first-order valence-corrected chi connectivity index (χ1v) is 11.9. The number of amides is 1. The molecule has 0 saturated heterocycles. The van der Waals surface area contributed by atoms with Gasteiger partial charge < -0.3 is 18.9 Å². The molecule has 0 saturated carbocycles. The highest BCUT2D eigenvalue weighted by molar-refractivity contribution is 6.40. The van der Waals surface area contributed by atoms with Gasteiger partial charge in [0.2, 0.25) is 6.04 Å². The molecule has 35 heavy (non-hydrogen) atoms. The lowest BCUT2D eigenvalue weighted by atomic mass is 10.2. The summed E-state index contributed by atoms with van der Waals surface area (Å²) in [5.41, 5.74) is 0.397. The molecule has 11 heteroatoms. The average molecular weight is 526 g/mol. The molecule has 0 radical (unpaired) electrons. The van der Waals surface area contributed by atoms with Crippen LogP contribution >= 0.6 is 23.4 Å². The smallest absolute Gasteiger partial charge is 0.276 e. The number of hydrogen-bond acceptors (Lipinski definition) is 8. The molecule has 0 heterocycles. The van der Waals surface area contributed by atoms with Crippen molar-refractivity contribution in [2.24, 2.45) is 10.2 Å². The first-order chi connectivity index (χ1) is 16.8. The number of rotatable bonds is 13. The fourth-order valence-electron chi connectivity index (χ4n) is 3.04. The van der Waals surface area contributed by atoms with Crippen molar-refractivity contribution in [3.63, 3.8) is 0 Å². The molecule has 0 N–H and O–H groups in total. The summed E-state index contributed by atoms with van der Waals surface area (Å²) in [4.78, 5) is 25.6. The highest BCUT2D eigenvalue weighted by Gasteiger charge is 2.32. The lowest BCUT2D eigenvalue weighted by Crippen LogP contribution is -2.36. The Morgan fingerprint density at radius 2 is 1.43 bits per heavy atom. The van der Waals surface area contributed by atoms with Crippen molar-refractivity contribution in [1.29, 1.82) is 0 Å². The minimum Gasteiger partial charge on any atom is -0.492 e. The van der Waals surface area contributed by atoms with Gasteiger partial charge in [-0.15, -0.1) is 0 Å². The van der Waals surface area contributed by atoms with Gasteiger partial charge in [0.1, 0.15) is 33.6 Å². The zero-order valence-electron chi connectivity index (χ0n) is 20.3. The van der Waals surface area contributed by atoms with E-state index < -0.39 is 17.7 Å². The second kappa shape index (κ2) is 13.7. The van der Waals surface area contributed by atoms with E-state index in [1.165, 1.54) is 6.92 Å². The predicted molar refractivity (Wildman–Crippen MR) is 135 cm³/mol. The number of carbonyl (C=O) groups is 2. The van der Waals surface area contributed by atoms with E-state index in [0.29, 0.717) is 43.7 Å². The van der Waals surface area contributed by atoms with Crippen LogP contribution in [0.4, 0.5) is 11.4 Å². The molecule has 1 unspecified atom stereocenters. The van der Waals surface area contributed by atoms with Gasteiger partial charge in [-0.05, 0) is 58.9 Å². The van der Waals surface area contributed by atoms with Crippen LogP contribution in [0.5, 0.6) is 23.0 Å². The quantitative estimate of drug-likeness (QED) is 0.176. The van der Waals surface area contributed by atoms with Gasteiger partial charge in [0.05, 0.1) is 26.4 Å². The van der Waals surface area contributed by atoms with Crippen LogP contribution in [0.25, 0.3) is 0 Å². The Balaban J connectivity index is 2.46. The molecule has 2 rings (SSSR count). The number of anilines is 1. The van der Waals surface area contributed by atoms with Gasteiger partial charge in [-0.3, -0.25) is 9.59 Å². The number of benzene rings is 2. The van der Waals surface area contributed by atoms with Crippen LogP contribution in [-0.2, 0) is 9.59 Å². The molecule has 190 valence electrons. The van der Waals surface area contributed by atoms with E-state index in [1.807, 2.05) is 6.92 Å². The zero-order valence-corrected chi connectivity index (χ0v) is 21.9. The molecule has 9 nitrogen and oxygen atoms in total. The van der Waals surface area contributed by atoms with Gasteiger partial charge in [-0.1, -0.05) is 17.7 Å². The van der Waals surface area contributed by atoms with Crippen LogP contribution in [0.1, 0.15) is 34.6 Å². The molecule has 2 aromatic rings. The summed E-state index contributed by atoms with van der Waals surface area (Å²) in [6.45, 7) is 9.78. The maximum atomic E-state index is 13.3. The Kier molecular flexibility index (Phi) is 11.1. The van der Waals surface area contributed by atoms with E-state index in [-0.39, 0.29) is 22.1 Å². The number of carbonyl (C=O) groups excluding carboxylic acids is 2. The molecule has 0 bridgehead atoms. The molecule has 0 aliphatic carbocycles. The van der Waals surface area contributed by atoms with Crippen molar-refractivity contribution >= 4 is 46.4 Å². The van der Waals surface area contributed by atoms with Crippen molar-refractivity contribution < 1.29 is 28.5 Å². The molecule has 2 aromatic carbocycles. The monoisotopic (exact) mass is 525 g/mol. The van der Waals surface area contributed by atoms with E-state index in [0.717, 1.165) is 4.42 Å². The van der Waals surface area contributed by atoms with E-state index in [9.17, 15) is 9.59 Å². The van der Waals surface area contributed by atoms with Crippen molar-refractivity contribution in [2.75, 3.05) is 30.8 Å². The number of nitrogens with zero attached hydrogens (tertiary/aromatic N) is 3. The van der Waals surface area contributed by atoms with Gasteiger partial charge in [-0.25, -0.2) is 4.42 Å². The summed E-state index contributed by atoms with van der Waals surface area (Å²) < 4.78 is 23.1. The van der Waals surface area contributed by atoms with Gasteiger partial charge >= 0.3 is 0 Å². The molecule has 0 aromatic heterocycles. The SMILES string of the molecule is CCOc1ccc(N=NC(C(C)=O)C(=O)N(Cl)c2c(OCC)cccc2OCC)c(OCC)c1Cl. The van der Waals surface area contributed by atoms with Crippen LogP contribution in [0.15, 0.2) is 40.6 Å². The minimum absolute atomic E-state index is 0.170. The molecule has 0 fully saturated rings. The Bertz CT molecular complexity index is 1040. The fourth-order valence-corrected chi connectivity index (χ4v) is 3.56. The Hall–Kier alpha value is -3.04. The van der Waals surface area contributed by atoms with Crippen molar-refractivity contribution in [3.8, 4) is 23.0 Å². The van der Waals surface area contributed by atoms with E-state index in [2.05, 4.69) is 10.2 Å². The number of ketones is 1. The average Bonchev–Trinajstić information content (AvgIpc) is 2.83.